The molecule has 27 heavy (non-hydrogen) atoms. The first-order valence-electron chi connectivity index (χ1n) is 9.28. The van der Waals surface area contributed by atoms with Gasteiger partial charge in [-0.1, -0.05) is 24.3 Å². The van der Waals surface area contributed by atoms with E-state index in [1.54, 1.807) is 0 Å². The number of fused-ring (bicyclic) bond motifs is 1. The van der Waals surface area contributed by atoms with Gasteiger partial charge in [0.2, 0.25) is 0 Å². The summed E-state index contributed by atoms with van der Waals surface area (Å²) in [6.45, 7) is 3.89. The number of benzene rings is 2. The highest BCUT2D eigenvalue weighted by Crippen LogP contribution is 2.20. The Labute approximate surface area is 160 Å². The molecule has 1 aliphatic rings. The van der Waals surface area contributed by atoms with Gasteiger partial charge in [0, 0.05) is 30.0 Å². The third kappa shape index (κ3) is 3.64. The van der Waals surface area contributed by atoms with Gasteiger partial charge < -0.3 is 9.80 Å². The second-order valence-corrected chi connectivity index (χ2v) is 7.24. The Balaban J connectivity index is 1.54. The number of aromatic nitrogens is 2. The summed E-state index contributed by atoms with van der Waals surface area (Å²) in [5, 5.41) is 0. The lowest BCUT2D eigenvalue weighted by molar-refractivity contribution is 0.239. The van der Waals surface area contributed by atoms with Gasteiger partial charge in [0.15, 0.2) is 0 Å². The van der Waals surface area contributed by atoms with Gasteiger partial charge in [0.05, 0.1) is 16.7 Å². The van der Waals surface area contributed by atoms with Gasteiger partial charge in [0.1, 0.15) is 13.0 Å². The molecule has 1 atom stereocenters. The van der Waals surface area contributed by atoms with Gasteiger partial charge in [-0.3, -0.25) is 9.56 Å². The largest absolute Gasteiger partial charge is 0.357 e. The van der Waals surface area contributed by atoms with E-state index in [9.17, 15) is 0 Å². The van der Waals surface area contributed by atoms with Crippen molar-refractivity contribution in [3.63, 3.8) is 0 Å². The molecule has 0 spiro atoms. The molecule has 0 fully saturated rings. The summed E-state index contributed by atoms with van der Waals surface area (Å²) < 4.78 is 2.11. The maximum atomic E-state index is 4.77. The summed E-state index contributed by atoms with van der Waals surface area (Å²) in [4.78, 5) is 13.8. The van der Waals surface area contributed by atoms with Crippen molar-refractivity contribution in [3.8, 4) is 5.69 Å². The van der Waals surface area contributed by atoms with Crippen molar-refractivity contribution in [2.45, 2.75) is 13.0 Å². The lowest BCUT2D eigenvalue weighted by Crippen LogP contribution is -2.37. The quantitative estimate of drug-likeness (QED) is 0.699. The average molecular weight is 359 g/mol. The molecular weight excluding hydrogens is 334 g/mol. The summed E-state index contributed by atoms with van der Waals surface area (Å²) in [5.41, 5.74) is 5.33. The zero-order valence-electron chi connectivity index (χ0n) is 16.1. The van der Waals surface area contributed by atoms with E-state index < -0.39 is 0 Å². The highest BCUT2D eigenvalue weighted by atomic mass is 15.2. The molecule has 0 radical (unpaired) electrons. The number of para-hydroxylation sites is 1. The van der Waals surface area contributed by atoms with Gasteiger partial charge in [-0.25, -0.2) is 4.98 Å². The van der Waals surface area contributed by atoms with Crippen LogP contribution in [0.2, 0.25) is 0 Å². The van der Waals surface area contributed by atoms with Crippen LogP contribution in [-0.2, 0) is 0 Å². The second kappa shape index (κ2) is 7.37. The summed E-state index contributed by atoms with van der Waals surface area (Å²) in [5.74, 6) is 0. The van der Waals surface area contributed by atoms with Crippen molar-refractivity contribution < 1.29 is 0 Å². The molecule has 0 aliphatic carbocycles. The summed E-state index contributed by atoms with van der Waals surface area (Å²) in [6, 6.07) is 17.2. The minimum atomic E-state index is 0.490. The molecule has 3 aromatic rings. The predicted molar refractivity (Wildman–Crippen MR) is 111 cm³/mol. The van der Waals surface area contributed by atoms with Gasteiger partial charge in [-0.15, -0.1) is 0 Å². The van der Waals surface area contributed by atoms with Crippen LogP contribution in [0.3, 0.4) is 0 Å². The molecule has 138 valence electrons. The van der Waals surface area contributed by atoms with Crippen LogP contribution in [0.1, 0.15) is 12.5 Å². The first kappa shape index (κ1) is 17.5. The van der Waals surface area contributed by atoms with Crippen molar-refractivity contribution in [1.82, 2.24) is 19.4 Å². The van der Waals surface area contributed by atoms with E-state index in [0.29, 0.717) is 12.7 Å². The highest BCUT2D eigenvalue weighted by Gasteiger charge is 2.13. The van der Waals surface area contributed by atoms with E-state index in [4.69, 9.17) is 4.99 Å². The molecule has 2 aromatic carbocycles. The van der Waals surface area contributed by atoms with E-state index in [-0.39, 0.29) is 0 Å². The molecule has 2 heterocycles. The van der Waals surface area contributed by atoms with Crippen LogP contribution in [0.15, 0.2) is 72.1 Å². The molecule has 5 heteroatoms. The Kier molecular flexibility index (Phi) is 4.77. The van der Waals surface area contributed by atoms with E-state index in [0.717, 1.165) is 34.5 Å². The van der Waals surface area contributed by atoms with Gasteiger partial charge in [0.25, 0.3) is 0 Å². The fourth-order valence-electron chi connectivity index (χ4n) is 3.22. The second-order valence-electron chi connectivity index (χ2n) is 7.24. The van der Waals surface area contributed by atoms with Crippen LogP contribution in [-0.4, -0.2) is 58.4 Å². The van der Waals surface area contributed by atoms with Crippen LogP contribution in [0.5, 0.6) is 0 Å². The van der Waals surface area contributed by atoms with Crippen LogP contribution in [0, 0.1) is 0 Å². The Bertz CT molecular complexity index is 984. The lowest BCUT2D eigenvalue weighted by Gasteiger charge is -2.28. The van der Waals surface area contributed by atoms with Crippen molar-refractivity contribution in [1.29, 1.82) is 0 Å². The maximum absolute atomic E-state index is 4.77. The monoisotopic (exact) mass is 359 g/mol. The van der Waals surface area contributed by atoms with Gasteiger partial charge >= 0.3 is 0 Å². The topological polar surface area (TPSA) is 36.7 Å². The summed E-state index contributed by atoms with van der Waals surface area (Å²) >= 11 is 0. The highest BCUT2D eigenvalue weighted by molar-refractivity contribution is 6.10. The van der Waals surface area contributed by atoms with Crippen LogP contribution < -0.4 is 0 Å². The molecule has 1 aliphatic heterocycles. The Morgan fingerprint density at radius 2 is 1.93 bits per heavy atom. The standard InChI is InChI=1S/C22H25N5/c1-17(25(2)3)14-26-12-11-20(23-15-26)18-9-10-22-21(13-18)24-16-27(22)19-7-5-4-6-8-19/h4-13,16-17H,14-15H2,1-3H3. The third-order valence-corrected chi connectivity index (χ3v) is 5.12. The minimum absolute atomic E-state index is 0.490. The summed E-state index contributed by atoms with van der Waals surface area (Å²) in [7, 11) is 4.22. The molecular formula is C22H25N5. The normalized spacial score (nSPS) is 15.4. The van der Waals surface area contributed by atoms with Crippen molar-refractivity contribution in [2.75, 3.05) is 27.3 Å². The Hall–Kier alpha value is -2.92. The number of aliphatic imine (C=N–C) groups is 1. The van der Waals surface area contributed by atoms with Crippen LogP contribution >= 0.6 is 0 Å². The molecule has 1 unspecified atom stereocenters. The number of imidazole rings is 1. The maximum Gasteiger partial charge on any atom is 0.110 e. The van der Waals surface area contributed by atoms with Crippen molar-refractivity contribution in [3.05, 3.63) is 72.7 Å². The Morgan fingerprint density at radius 1 is 1.11 bits per heavy atom. The number of hydrogen-bond acceptors (Lipinski definition) is 4. The molecule has 0 N–H and O–H groups in total. The number of likely N-dealkylation sites (N-methyl/N-ethyl adjacent to an activating group) is 1. The van der Waals surface area contributed by atoms with Crippen molar-refractivity contribution in [2.24, 2.45) is 4.99 Å². The first-order valence-corrected chi connectivity index (χ1v) is 9.28. The van der Waals surface area contributed by atoms with Crippen molar-refractivity contribution >= 4 is 16.7 Å². The molecule has 5 nitrogen and oxygen atoms in total. The van der Waals surface area contributed by atoms with E-state index in [1.165, 1.54) is 0 Å². The predicted octanol–water partition coefficient (Wildman–Crippen LogP) is 3.55. The van der Waals surface area contributed by atoms with Gasteiger partial charge in [-0.2, -0.15) is 0 Å². The fourth-order valence-corrected chi connectivity index (χ4v) is 3.22. The van der Waals surface area contributed by atoms with Crippen LogP contribution in [0.4, 0.5) is 0 Å². The molecule has 0 bridgehead atoms. The number of rotatable bonds is 5. The van der Waals surface area contributed by atoms with E-state index >= 15 is 0 Å². The van der Waals surface area contributed by atoms with Crippen LogP contribution in [0.25, 0.3) is 16.7 Å². The number of allylic oxidation sites excluding steroid dienone is 1. The first-order chi connectivity index (χ1) is 13.1. The molecule has 4 rings (SSSR count). The van der Waals surface area contributed by atoms with E-state index in [1.807, 2.05) is 24.5 Å². The Morgan fingerprint density at radius 3 is 2.63 bits per heavy atom. The SMILES string of the molecule is CC(CN1C=CC(c2ccc3c(c2)ncn3-c2ccccc2)=NC1)N(C)C. The van der Waals surface area contributed by atoms with Gasteiger partial charge in [-0.05, 0) is 51.4 Å². The smallest absolute Gasteiger partial charge is 0.110 e. The third-order valence-electron chi connectivity index (χ3n) is 5.12. The summed E-state index contributed by atoms with van der Waals surface area (Å²) in [6.07, 6.45) is 6.13. The number of hydrogen-bond donors (Lipinski definition) is 0. The molecule has 0 amide bonds. The number of nitrogens with zero attached hydrogens (tertiary/aromatic N) is 5. The van der Waals surface area contributed by atoms with E-state index in [2.05, 4.69) is 83.0 Å². The minimum Gasteiger partial charge on any atom is -0.357 e. The fraction of sp³-hybridized carbons (Fsp3) is 0.273. The molecule has 1 aromatic heterocycles. The average Bonchev–Trinajstić information content (AvgIpc) is 3.12. The lowest BCUT2D eigenvalue weighted by atomic mass is 10.1. The zero-order valence-corrected chi connectivity index (χ0v) is 16.1. The molecule has 0 saturated heterocycles. The molecule has 0 saturated carbocycles. The zero-order chi connectivity index (χ0) is 18.8.